The van der Waals surface area contributed by atoms with E-state index in [1.165, 1.54) is 0 Å². The van der Waals surface area contributed by atoms with Crippen LogP contribution in [0.2, 0.25) is 0 Å². The highest BCUT2D eigenvalue weighted by Crippen LogP contribution is 2.26. The number of aromatic amines is 1. The lowest BCUT2D eigenvalue weighted by molar-refractivity contribution is 0.0910. The molecule has 0 bridgehead atoms. The first-order chi connectivity index (χ1) is 16.7. The van der Waals surface area contributed by atoms with Crippen molar-refractivity contribution >= 4 is 22.6 Å². The molecule has 6 heteroatoms. The predicted octanol–water partition coefficient (Wildman–Crippen LogP) is 4.99. The summed E-state index contributed by atoms with van der Waals surface area (Å²) in [6, 6.07) is 24.8. The molecule has 2 heterocycles. The van der Waals surface area contributed by atoms with Crippen LogP contribution in [0.25, 0.3) is 10.9 Å². The molecule has 0 radical (unpaired) electrons. The van der Waals surface area contributed by atoms with Crippen molar-refractivity contribution in [2.24, 2.45) is 5.92 Å². The van der Waals surface area contributed by atoms with Gasteiger partial charge in [0.05, 0.1) is 10.9 Å². The Morgan fingerprint density at radius 3 is 2.68 bits per heavy atom. The Morgan fingerprint density at radius 1 is 0.971 bits per heavy atom. The van der Waals surface area contributed by atoms with Crippen LogP contribution in [-0.2, 0) is 6.61 Å². The zero-order chi connectivity index (χ0) is 23.3. The Labute approximate surface area is 198 Å². The van der Waals surface area contributed by atoms with Gasteiger partial charge in [0.2, 0.25) is 5.95 Å². The standard InChI is InChI=1S/C28H27N3O3/c32-26(22-10-6-12-23(18-22)34-19-20-8-2-1-3-9-20)21-11-7-16-31(17-15-21)28-29-25-14-5-4-13-24(25)27(33)30-28/h1-6,8-10,12-14,18,21H,7,11,15-17,19H2,(H,29,30,33). The number of nitrogens with zero attached hydrogens (tertiary/aromatic N) is 2. The molecule has 1 fully saturated rings. The molecular formula is C28H27N3O3. The van der Waals surface area contributed by atoms with Crippen molar-refractivity contribution in [3.63, 3.8) is 0 Å². The number of hydrogen-bond acceptors (Lipinski definition) is 5. The summed E-state index contributed by atoms with van der Waals surface area (Å²) in [5.41, 5.74) is 2.32. The highest BCUT2D eigenvalue weighted by Gasteiger charge is 2.25. The van der Waals surface area contributed by atoms with Gasteiger partial charge in [-0.1, -0.05) is 54.6 Å². The number of ether oxygens (including phenoxy) is 1. The number of Topliss-reactive ketones (excluding diaryl/α,β-unsaturated/α-hetero) is 1. The molecule has 1 aliphatic heterocycles. The summed E-state index contributed by atoms with van der Waals surface area (Å²) < 4.78 is 5.91. The van der Waals surface area contributed by atoms with Crippen molar-refractivity contribution in [1.82, 2.24) is 9.97 Å². The average Bonchev–Trinajstić information content (AvgIpc) is 3.14. The molecule has 34 heavy (non-hydrogen) atoms. The molecular weight excluding hydrogens is 426 g/mol. The summed E-state index contributed by atoms with van der Waals surface area (Å²) in [4.78, 5) is 35.4. The van der Waals surface area contributed by atoms with E-state index in [0.29, 0.717) is 47.7 Å². The smallest absolute Gasteiger partial charge is 0.260 e. The molecule has 4 aromatic rings. The molecule has 5 rings (SSSR count). The number of para-hydroxylation sites is 1. The Kier molecular flexibility index (Phi) is 6.38. The Hall–Kier alpha value is -3.93. The zero-order valence-corrected chi connectivity index (χ0v) is 18.9. The Balaban J connectivity index is 1.26. The van der Waals surface area contributed by atoms with E-state index in [0.717, 1.165) is 24.9 Å². The molecule has 1 atom stereocenters. The van der Waals surface area contributed by atoms with Crippen LogP contribution in [0.5, 0.6) is 5.75 Å². The number of nitrogens with one attached hydrogen (secondary N) is 1. The third kappa shape index (κ3) is 4.86. The van der Waals surface area contributed by atoms with Crippen molar-refractivity contribution < 1.29 is 9.53 Å². The average molecular weight is 454 g/mol. The van der Waals surface area contributed by atoms with E-state index in [2.05, 4.69) is 14.9 Å². The highest BCUT2D eigenvalue weighted by atomic mass is 16.5. The summed E-state index contributed by atoms with van der Waals surface area (Å²) in [5.74, 6) is 1.35. The first-order valence-corrected chi connectivity index (χ1v) is 11.7. The summed E-state index contributed by atoms with van der Waals surface area (Å²) in [6.45, 7) is 1.89. The minimum absolute atomic E-state index is 0.0680. The summed E-state index contributed by atoms with van der Waals surface area (Å²) in [7, 11) is 0. The van der Waals surface area contributed by atoms with Gasteiger partial charge >= 0.3 is 0 Å². The largest absolute Gasteiger partial charge is 0.489 e. The lowest BCUT2D eigenvalue weighted by Crippen LogP contribution is -2.29. The maximum absolute atomic E-state index is 13.3. The molecule has 1 unspecified atom stereocenters. The van der Waals surface area contributed by atoms with Crippen LogP contribution in [0.3, 0.4) is 0 Å². The monoisotopic (exact) mass is 453 g/mol. The summed E-state index contributed by atoms with van der Waals surface area (Å²) in [5, 5.41) is 0.587. The summed E-state index contributed by atoms with van der Waals surface area (Å²) in [6.07, 6.45) is 2.38. The number of carbonyl (C=O) groups is 1. The third-order valence-electron chi connectivity index (χ3n) is 6.37. The van der Waals surface area contributed by atoms with E-state index in [4.69, 9.17) is 4.74 Å². The molecule has 1 aliphatic rings. The first-order valence-electron chi connectivity index (χ1n) is 11.7. The van der Waals surface area contributed by atoms with Crippen LogP contribution in [0.4, 0.5) is 5.95 Å². The van der Waals surface area contributed by atoms with Crippen LogP contribution >= 0.6 is 0 Å². The van der Waals surface area contributed by atoms with E-state index < -0.39 is 0 Å². The van der Waals surface area contributed by atoms with Crippen molar-refractivity contribution in [3.05, 3.63) is 100 Å². The van der Waals surface area contributed by atoms with Gasteiger partial charge in [0, 0.05) is 24.6 Å². The number of benzene rings is 3. The van der Waals surface area contributed by atoms with Crippen LogP contribution in [0.1, 0.15) is 35.2 Å². The quantitative estimate of drug-likeness (QED) is 0.416. The number of carbonyl (C=O) groups excluding carboxylic acids is 1. The fourth-order valence-electron chi connectivity index (χ4n) is 4.51. The minimum Gasteiger partial charge on any atom is -0.489 e. The first kappa shape index (κ1) is 21.9. The van der Waals surface area contributed by atoms with Gasteiger partial charge in [-0.2, -0.15) is 0 Å². The number of rotatable bonds is 6. The van der Waals surface area contributed by atoms with Gasteiger partial charge in [0.1, 0.15) is 12.4 Å². The van der Waals surface area contributed by atoms with Gasteiger partial charge in [-0.3, -0.25) is 14.6 Å². The summed E-state index contributed by atoms with van der Waals surface area (Å²) >= 11 is 0. The predicted molar refractivity (Wildman–Crippen MR) is 133 cm³/mol. The molecule has 172 valence electrons. The Morgan fingerprint density at radius 2 is 1.79 bits per heavy atom. The van der Waals surface area contributed by atoms with E-state index >= 15 is 0 Å². The lowest BCUT2D eigenvalue weighted by Gasteiger charge is -2.21. The molecule has 1 aromatic heterocycles. The van der Waals surface area contributed by atoms with Crippen LogP contribution in [0, 0.1) is 5.92 Å². The second kappa shape index (κ2) is 9.91. The van der Waals surface area contributed by atoms with Crippen molar-refractivity contribution in [2.75, 3.05) is 18.0 Å². The van der Waals surface area contributed by atoms with Crippen molar-refractivity contribution in [3.8, 4) is 5.75 Å². The fourth-order valence-corrected chi connectivity index (χ4v) is 4.51. The third-order valence-corrected chi connectivity index (χ3v) is 6.37. The highest BCUT2D eigenvalue weighted by molar-refractivity contribution is 5.98. The molecule has 0 amide bonds. The molecule has 0 aliphatic carbocycles. The van der Waals surface area contributed by atoms with Gasteiger partial charge in [-0.15, -0.1) is 0 Å². The Bertz CT molecular complexity index is 1350. The number of anilines is 1. The lowest BCUT2D eigenvalue weighted by atomic mass is 9.91. The van der Waals surface area contributed by atoms with E-state index in [9.17, 15) is 9.59 Å². The van der Waals surface area contributed by atoms with Gasteiger partial charge in [-0.25, -0.2) is 4.98 Å². The SMILES string of the molecule is O=C(c1cccc(OCc2ccccc2)c1)C1CCCN(c2nc3ccccc3c(=O)[nH]2)CC1. The minimum atomic E-state index is -0.134. The van der Waals surface area contributed by atoms with Crippen LogP contribution < -0.4 is 15.2 Å². The van der Waals surface area contributed by atoms with Crippen LogP contribution in [0.15, 0.2) is 83.7 Å². The van der Waals surface area contributed by atoms with Gasteiger partial charge in [0.25, 0.3) is 5.56 Å². The maximum atomic E-state index is 13.3. The molecule has 0 spiro atoms. The van der Waals surface area contributed by atoms with E-state index in [1.54, 1.807) is 6.07 Å². The molecule has 3 aromatic carbocycles. The molecule has 1 saturated heterocycles. The van der Waals surface area contributed by atoms with Crippen molar-refractivity contribution in [1.29, 1.82) is 0 Å². The molecule has 0 saturated carbocycles. The molecule has 6 nitrogen and oxygen atoms in total. The van der Waals surface area contributed by atoms with Crippen molar-refractivity contribution in [2.45, 2.75) is 25.9 Å². The van der Waals surface area contributed by atoms with Gasteiger partial charge in [0.15, 0.2) is 5.78 Å². The number of hydrogen-bond donors (Lipinski definition) is 1. The second-order valence-corrected chi connectivity index (χ2v) is 8.69. The van der Waals surface area contributed by atoms with E-state index in [-0.39, 0.29) is 17.3 Å². The number of ketones is 1. The topological polar surface area (TPSA) is 75.3 Å². The van der Waals surface area contributed by atoms with Gasteiger partial charge in [-0.05, 0) is 49.1 Å². The second-order valence-electron chi connectivity index (χ2n) is 8.69. The normalized spacial score (nSPS) is 16.2. The zero-order valence-electron chi connectivity index (χ0n) is 18.9. The number of H-pyrrole nitrogens is 1. The van der Waals surface area contributed by atoms with Gasteiger partial charge < -0.3 is 9.64 Å². The fraction of sp³-hybridized carbons (Fsp3) is 0.250. The van der Waals surface area contributed by atoms with E-state index in [1.807, 2.05) is 72.8 Å². The van der Waals surface area contributed by atoms with Crippen LogP contribution in [-0.4, -0.2) is 28.8 Å². The maximum Gasteiger partial charge on any atom is 0.260 e. The number of aromatic nitrogens is 2. The number of fused-ring (bicyclic) bond motifs is 1. The molecule has 1 N–H and O–H groups in total.